The summed E-state index contributed by atoms with van der Waals surface area (Å²) in [5.41, 5.74) is 0. The average molecular weight is 263 g/mol. The van der Waals surface area contributed by atoms with Gasteiger partial charge in [-0.2, -0.15) is 0 Å². The van der Waals surface area contributed by atoms with Crippen molar-refractivity contribution in [3.05, 3.63) is 6.57 Å². The van der Waals surface area contributed by atoms with E-state index in [4.69, 9.17) is 11.8 Å². The van der Waals surface area contributed by atoms with Crippen LogP contribution in [0.5, 0.6) is 0 Å². The molecule has 0 saturated heterocycles. The van der Waals surface area contributed by atoms with Crippen LogP contribution in [0.15, 0.2) is 0 Å². The van der Waals surface area contributed by atoms with Gasteiger partial charge in [-0.05, 0) is 0 Å². The molecule has 0 aromatic rings. The van der Waals surface area contributed by atoms with E-state index in [2.05, 4.69) is 0 Å². The molecular weight excluding hydrogens is 262 g/mol. The van der Waals surface area contributed by atoms with Crippen molar-refractivity contribution in [2.45, 2.75) is 0 Å². The zero-order chi connectivity index (χ0) is 2.00. The van der Waals surface area contributed by atoms with Crippen molar-refractivity contribution in [1.82, 2.24) is 0 Å². The molecule has 0 aliphatic carbocycles. The third kappa shape index (κ3) is 9.12. The van der Waals surface area contributed by atoms with E-state index in [0.29, 0.717) is 0 Å². The van der Waals surface area contributed by atoms with Crippen LogP contribution < -0.4 is 51.4 Å². The van der Waals surface area contributed by atoms with Gasteiger partial charge in [-0.1, -0.05) is 0 Å². The Labute approximate surface area is 85.2 Å². The van der Waals surface area contributed by atoms with Crippen molar-refractivity contribution < 1.29 is 75.2 Å². The molecule has 0 amide bonds. The predicted molar refractivity (Wildman–Crippen MR) is 6.08 cm³/mol. The van der Waals surface area contributed by atoms with Gasteiger partial charge < -0.3 is 13.3 Å². The molecule has 0 spiro atoms. The van der Waals surface area contributed by atoms with Gasteiger partial charge in [0.25, 0.3) is 0 Å². The Morgan fingerprint density at radius 3 is 1.50 bits per heavy atom. The number of rotatable bonds is 0. The van der Waals surface area contributed by atoms with Crippen LogP contribution in [0.25, 0.3) is 0 Å². The second-order valence-electron chi connectivity index (χ2n) is 0. The van der Waals surface area contributed by atoms with Crippen molar-refractivity contribution in [3.63, 3.8) is 0 Å². The van der Waals surface area contributed by atoms with Crippen molar-refractivity contribution in [2.24, 2.45) is 0 Å². The molecule has 0 fully saturated rings. The van der Waals surface area contributed by atoms with Crippen LogP contribution in [0.4, 0.5) is 0 Å². The third-order valence-electron chi connectivity index (χ3n) is 0. The van der Waals surface area contributed by atoms with E-state index < -0.39 is 0 Å². The fourth-order valence-corrected chi connectivity index (χ4v) is 0. The first-order chi connectivity index (χ1) is 1.00. The van der Waals surface area contributed by atoms with Gasteiger partial charge in [-0.3, -0.25) is 0 Å². The molecule has 1 nitrogen and oxygen atoms in total. The fourth-order valence-electron chi connectivity index (χ4n) is 0. The maximum Gasteiger partial charge on any atom is 1.00 e. The Balaban J connectivity index is -0.00000000167. The molecule has 0 aliphatic heterocycles. The maximum absolute atomic E-state index is 6.25. The zero-order valence-electron chi connectivity index (χ0n) is 3.25. The standard InChI is InChI=1S/CN.Au.K.H/c1-2;;;/q-1;2*+1;-1. The molecule has 0 rings (SSSR count). The predicted octanol–water partition coefficient (Wildman–Crippen LogP) is -2.79. The molecule has 4 heavy (non-hydrogen) atoms. The molecule has 22 valence electrons. The Bertz CT molecular complexity index is 16.4. The Hall–Kier alpha value is 1.87. The topological polar surface area (TPSA) is 23.8 Å². The summed E-state index contributed by atoms with van der Waals surface area (Å²) < 4.78 is 0. The molecule has 0 unspecified atom stereocenters. The largest absolute Gasteiger partial charge is 1.00 e. The maximum atomic E-state index is 6.25. The van der Waals surface area contributed by atoms with E-state index in [1.54, 1.807) is 0 Å². The molecule has 0 heterocycles. The van der Waals surface area contributed by atoms with Crippen molar-refractivity contribution in [3.8, 4) is 0 Å². The Kier molecular flexibility index (Phi) is 88.3. The van der Waals surface area contributed by atoms with Crippen LogP contribution in [0.1, 0.15) is 1.43 Å². The van der Waals surface area contributed by atoms with E-state index in [-0.39, 0.29) is 75.2 Å². The second-order valence-corrected chi connectivity index (χ2v) is 0. The summed E-state index contributed by atoms with van der Waals surface area (Å²) in [6.45, 7) is 4.75. The molecule has 0 aromatic carbocycles. The molecule has 0 aliphatic rings. The summed E-state index contributed by atoms with van der Waals surface area (Å²) in [7, 11) is 0. The average Bonchev–Trinajstić information content (AvgIpc) is 1.00. The van der Waals surface area contributed by atoms with E-state index in [9.17, 15) is 0 Å². The summed E-state index contributed by atoms with van der Waals surface area (Å²) in [5, 5.41) is 6.25. The van der Waals surface area contributed by atoms with Crippen LogP contribution in [0.3, 0.4) is 0 Å². The molecule has 3 heteroatoms. The quantitative estimate of drug-likeness (QED) is 0.342. The number of hydrogen-bond donors (Lipinski definition) is 0. The number of nitrogens with zero attached hydrogens (tertiary/aromatic N) is 1. The molecular formula is CHAuKN. The molecule has 0 bridgehead atoms. The van der Waals surface area contributed by atoms with E-state index in [1.807, 2.05) is 0 Å². The summed E-state index contributed by atoms with van der Waals surface area (Å²) in [6, 6.07) is 0. The Morgan fingerprint density at radius 1 is 1.50 bits per heavy atom. The molecule has 0 radical (unpaired) electrons. The van der Waals surface area contributed by atoms with Crippen molar-refractivity contribution in [2.75, 3.05) is 0 Å². The van der Waals surface area contributed by atoms with Gasteiger partial charge in [-0.25, -0.2) is 0 Å². The monoisotopic (exact) mass is 263 g/mol. The molecule has 0 N–H and O–H groups in total. The van der Waals surface area contributed by atoms with Crippen molar-refractivity contribution in [1.29, 1.82) is 5.26 Å². The minimum atomic E-state index is 0. The van der Waals surface area contributed by atoms with Gasteiger partial charge in [0.2, 0.25) is 0 Å². The molecule has 0 aromatic heterocycles. The smallest absolute Gasteiger partial charge is 1.00 e. The third-order valence-corrected chi connectivity index (χ3v) is 0. The first-order valence-corrected chi connectivity index (χ1v) is 0.224. The minimum absolute atomic E-state index is 0. The van der Waals surface area contributed by atoms with E-state index >= 15 is 0 Å². The van der Waals surface area contributed by atoms with Gasteiger partial charge >= 0.3 is 73.8 Å². The van der Waals surface area contributed by atoms with Crippen LogP contribution in [-0.4, -0.2) is 0 Å². The summed E-state index contributed by atoms with van der Waals surface area (Å²) >= 11 is 0. The fraction of sp³-hybridized carbons (Fsp3) is 0. The first-order valence-electron chi connectivity index (χ1n) is 0.224. The van der Waals surface area contributed by atoms with E-state index in [0.717, 1.165) is 0 Å². The summed E-state index contributed by atoms with van der Waals surface area (Å²) in [4.78, 5) is 0. The van der Waals surface area contributed by atoms with Crippen LogP contribution in [-0.2, 0) is 22.4 Å². The molecule has 0 saturated carbocycles. The SMILES string of the molecule is [Au+].[C-]#N.[H-].[K+]. The summed E-state index contributed by atoms with van der Waals surface area (Å²) in [5.74, 6) is 0. The van der Waals surface area contributed by atoms with Gasteiger partial charge in [0.1, 0.15) is 0 Å². The summed E-state index contributed by atoms with van der Waals surface area (Å²) in [6.07, 6.45) is 0. The van der Waals surface area contributed by atoms with E-state index in [1.165, 1.54) is 0 Å². The van der Waals surface area contributed by atoms with Gasteiger partial charge in [-0.15, -0.1) is 0 Å². The molecule has 0 atom stereocenters. The van der Waals surface area contributed by atoms with Crippen LogP contribution in [0.2, 0.25) is 0 Å². The van der Waals surface area contributed by atoms with Crippen LogP contribution in [0, 0.1) is 11.8 Å². The minimum Gasteiger partial charge on any atom is -1.00 e. The second kappa shape index (κ2) is 20.9. The number of hydrogen-bond acceptors (Lipinski definition) is 1. The van der Waals surface area contributed by atoms with Crippen LogP contribution >= 0.6 is 0 Å². The van der Waals surface area contributed by atoms with Crippen molar-refractivity contribution >= 4 is 0 Å². The normalized spacial score (nSPS) is 0.500. The van der Waals surface area contributed by atoms with Gasteiger partial charge in [0, 0.05) is 0 Å². The van der Waals surface area contributed by atoms with Gasteiger partial charge in [0.05, 0.1) is 0 Å². The first kappa shape index (κ1) is 16.9. The zero-order valence-corrected chi connectivity index (χ0v) is 7.54. The Morgan fingerprint density at radius 2 is 1.50 bits per heavy atom. The van der Waals surface area contributed by atoms with Gasteiger partial charge in [0.15, 0.2) is 0 Å².